The van der Waals surface area contributed by atoms with E-state index in [0.29, 0.717) is 5.92 Å². The van der Waals surface area contributed by atoms with Crippen LogP contribution in [0.25, 0.3) is 5.57 Å². The molecule has 2 N–H and O–H groups in total. The average molecular weight is 341 g/mol. The van der Waals surface area contributed by atoms with Gasteiger partial charge in [0.15, 0.2) is 0 Å². The lowest BCUT2D eigenvalue weighted by Crippen LogP contribution is -2.11. The molecule has 0 amide bonds. The Bertz CT molecular complexity index is 959. The molecule has 0 heterocycles. The van der Waals surface area contributed by atoms with E-state index < -0.39 is 10.0 Å². The molecule has 4 rings (SSSR count). The van der Waals surface area contributed by atoms with Gasteiger partial charge in [-0.15, -0.1) is 0 Å². The van der Waals surface area contributed by atoms with Gasteiger partial charge in [0.2, 0.25) is 10.0 Å². The fourth-order valence-corrected chi connectivity index (χ4v) is 3.92. The molecule has 2 atom stereocenters. The van der Waals surface area contributed by atoms with E-state index in [-0.39, 0.29) is 16.1 Å². The monoisotopic (exact) mass is 341 g/mol. The number of hydrogen-bond donors (Lipinski definition) is 1. The Morgan fingerprint density at radius 3 is 2.33 bits per heavy atom. The van der Waals surface area contributed by atoms with Gasteiger partial charge in [-0.05, 0) is 53.3 Å². The van der Waals surface area contributed by atoms with Crippen molar-refractivity contribution in [2.24, 2.45) is 10.6 Å². The average Bonchev–Trinajstić information content (AvgIpc) is 3.08. The lowest BCUT2D eigenvalue weighted by molar-refractivity contribution is 0.597. The van der Waals surface area contributed by atoms with E-state index in [9.17, 15) is 12.8 Å². The Morgan fingerprint density at radius 2 is 1.71 bits per heavy atom. The molecule has 1 spiro atoms. The normalized spacial score (nSPS) is 25.1. The van der Waals surface area contributed by atoms with Crippen LogP contribution < -0.4 is 5.14 Å². The number of primary sulfonamides is 1. The molecule has 0 saturated heterocycles. The summed E-state index contributed by atoms with van der Waals surface area (Å²) in [5.41, 5.74) is 3.19. The first-order chi connectivity index (χ1) is 11.4. The lowest BCUT2D eigenvalue weighted by Gasteiger charge is -2.06. The Balaban J connectivity index is 1.58. The van der Waals surface area contributed by atoms with E-state index in [1.165, 1.54) is 12.1 Å². The highest BCUT2D eigenvalue weighted by molar-refractivity contribution is 7.89. The molecule has 0 aliphatic heterocycles. The molecule has 2 aliphatic carbocycles. The standard InChI is InChI=1S/C19H16FNO2S/c20-16-5-1-13(2-6-16)15-9-10-19(11-15)12-18(19)14-3-7-17(8-4-14)24(21,22)23/h1-11,18H,12H2,(H2,21,22,23). The molecule has 2 aromatic carbocycles. The minimum atomic E-state index is -3.66. The molecule has 1 fully saturated rings. The van der Waals surface area contributed by atoms with Crippen LogP contribution in [0.15, 0.2) is 71.7 Å². The summed E-state index contributed by atoms with van der Waals surface area (Å²) in [6.45, 7) is 0. The number of benzene rings is 2. The van der Waals surface area contributed by atoms with Crippen molar-refractivity contribution >= 4 is 15.6 Å². The van der Waals surface area contributed by atoms with Crippen molar-refractivity contribution in [2.45, 2.75) is 17.2 Å². The van der Waals surface area contributed by atoms with Crippen molar-refractivity contribution < 1.29 is 12.8 Å². The number of sulfonamides is 1. The molecule has 1 saturated carbocycles. The smallest absolute Gasteiger partial charge is 0.225 e. The van der Waals surface area contributed by atoms with Crippen molar-refractivity contribution in [1.82, 2.24) is 0 Å². The first-order valence-electron chi connectivity index (χ1n) is 7.68. The third-order valence-electron chi connectivity index (χ3n) is 4.83. The van der Waals surface area contributed by atoms with Crippen LogP contribution >= 0.6 is 0 Å². The fraction of sp³-hybridized carbons (Fsp3) is 0.158. The van der Waals surface area contributed by atoms with Gasteiger partial charge in [0.25, 0.3) is 0 Å². The van der Waals surface area contributed by atoms with Crippen LogP contribution in [0, 0.1) is 11.2 Å². The number of rotatable bonds is 3. The van der Waals surface area contributed by atoms with Crippen molar-refractivity contribution in [3.05, 3.63) is 83.7 Å². The van der Waals surface area contributed by atoms with E-state index in [4.69, 9.17) is 5.14 Å². The molecule has 0 aromatic heterocycles. The molecule has 3 nitrogen and oxygen atoms in total. The number of halogens is 1. The fourth-order valence-electron chi connectivity index (χ4n) is 3.41. The summed E-state index contributed by atoms with van der Waals surface area (Å²) >= 11 is 0. The summed E-state index contributed by atoms with van der Waals surface area (Å²) < 4.78 is 35.7. The summed E-state index contributed by atoms with van der Waals surface area (Å²) in [6.07, 6.45) is 7.47. The van der Waals surface area contributed by atoms with Gasteiger partial charge < -0.3 is 0 Å². The van der Waals surface area contributed by atoms with Crippen molar-refractivity contribution in [2.75, 3.05) is 0 Å². The summed E-state index contributed by atoms with van der Waals surface area (Å²) in [5.74, 6) is 0.0940. The third-order valence-corrected chi connectivity index (χ3v) is 5.76. The van der Waals surface area contributed by atoms with Crippen molar-refractivity contribution in [3.8, 4) is 0 Å². The van der Waals surface area contributed by atoms with Crippen LogP contribution in [-0.2, 0) is 10.0 Å². The number of allylic oxidation sites excluding steroid dienone is 4. The molecule has 24 heavy (non-hydrogen) atoms. The molecule has 2 aliphatic rings. The van der Waals surface area contributed by atoms with Crippen molar-refractivity contribution in [1.29, 1.82) is 0 Å². The Morgan fingerprint density at radius 1 is 1.04 bits per heavy atom. The third kappa shape index (κ3) is 2.60. The molecule has 0 radical (unpaired) electrons. The van der Waals surface area contributed by atoms with Crippen LogP contribution in [-0.4, -0.2) is 8.42 Å². The van der Waals surface area contributed by atoms with Gasteiger partial charge in [-0.1, -0.05) is 42.5 Å². The van der Waals surface area contributed by atoms with E-state index in [1.54, 1.807) is 24.3 Å². The molecule has 5 heteroatoms. The van der Waals surface area contributed by atoms with Crippen molar-refractivity contribution in [3.63, 3.8) is 0 Å². The van der Waals surface area contributed by atoms with Gasteiger partial charge in [-0.3, -0.25) is 0 Å². The topological polar surface area (TPSA) is 60.2 Å². The molecule has 0 bridgehead atoms. The van der Waals surface area contributed by atoms with Gasteiger partial charge in [0.05, 0.1) is 4.90 Å². The highest BCUT2D eigenvalue weighted by Gasteiger charge is 2.52. The summed E-state index contributed by atoms with van der Waals surface area (Å²) in [6, 6.07) is 13.3. The number of hydrogen-bond acceptors (Lipinski definition) is 2. The molecular formula is C19H16FNO2S. The minimum Gasteiger partial charge on any atom is -0.225 e. The quantitative estimate of drug-likeness (QED) is 0.927. The second-order valence-electron chi connectivity index (χ2n) is 6.42. The second kappa shape index (κ2) is 5.13. The van der Waals surface area contributed by atoms with E-state index in [2.05, 4.69) is 18.2 Å². The summed E-state index contributed by atoms with van der Waals surface area (Å²) in [7, 11) is -3.66. The maximum absolute atomic E-state index is 13.0. The Labute approximate surface area is 140 Å². The summed E-state index contributed by atoms with van der Waals surface area (Å²) in [4.78, 5) is 0.130. The first kappa shape index (κ1) is 15.3. The summed E-state index contributed by atoms with van der Waals surface area (Å²) in [5, 5.41) is 5.13. The van der Waals surface area contributed by atoms with Gasteiger partial charge in [0.1, 0.15) is 5.82 Å². The Kier molecular flexibility index (Phi) is 3.27. The second-order valence-corrected chi connectivity index (χ2v) is 7.98. The van der Waals surface area contributed by atoms with Crippen LogP contribution in [0.5, 0.6) is 0 Å². The van der Waals surface area contributed by atoms with Crippen LogP contribution in [0.4, 0.5) is 4.39 Å². The zero-order valence-corrected chi connectivity index (χ0v) is 13.6. The Hall–Kier alpha value is -2.24. The van der Waals surface area contributed by atoms with Gasteiger partial charge >= 0.3 is 0 Å². The maximum atomic E-state index is 13.0. The number of nitrogens with two attached hydrogens (primary N) is 1. The SMILES string of the molecule is NS(=O)(=O)c1ccc(C2CC23C=CC(c2ccc(F)cc2)=C3)cc1. The van der Waals surface area contributed by atoms with Gasteiger partial charge in [0, 0.05) is 5.41 Å². The predicted molar refractivity (Wildman–Crippen MR) is 91.1 cm³/mol. The van der Waals surface area contributed by atoms with Gasteiger partial charge in [-0.25, -0.2) is 17.9 Å². The zero-order chi connectivity index (χ0) is 16.9. The van der Waals surface area contributed by atoms with Crippen LogP contribution in [0.3, 0.4) is 0 Å². The molecule has 2 unspecified atom stereocenters. The lowest BCUT2D eigenvalue weighted by atomic mass is 9.99. The van der Waals surface area contributed by atoms with E-state index in [0.717, 1.165) is 23.1 Å². The highest BCUT2D eigenvalue weighted by atomic mass is 32.2. The van der Waals surface area contributed by atoms with E-state index in [1.807, 2.05) is 12.1 Å². The zero-order valence-electron chi connectivity index (χ0n) is 12.8. The highest BCUT2D eigenvalue weighted by Crippen LogP contribution is 2.64. The maximum Gasteiger partial charge on any atom is 0.238 e. The van der Waals surface area contributed by atoms with Crippen LogP contribution in [0.1, 0.15) is 23.5 Å². The molecular weight excluding hydrogens is 325 g/mol. The first-order valence-corrected chi connectivity index (χ1v) is 9.23. The largest absolute Gasteiger partial charge is 0.238 e. The van der Waals surface area contributed by atoms with Crippen LogP contribution in [0.2, 0.25) is 0 Å². The minimum absolute atomic E-state index is 0.00712. The predicted octanol–water partition coefficient (Wildman–Crippen LogP) is 3.60. The van der Waals surface area contributed by atoms with Gasteiger partial charge in [-0.2, -0.15) is 0 Å². The molecule has 2 aromatic rings. The van der Waals surface area contributed by atoms with E-state index >= 15 is 0 Å². The molecule has 122 valence electrons.